The molecule has 2 aliphatic rings. The Kier molecular flexibility index (Phi) is 5.54. The second-order valence-corrected chi connectivity index (χ2v) is 12.0. The predicted molar refractivity (Wildman–Crippen MR) is 113 cm³/mol. The normalized spacial score (nSPS) is 21.5. The number of rotatable bonds is 4. The third-order valence-electron chi connectivity index (χ3n) is 5.60. The third-order valence-corrected chi connectivity index (χ3v) is 9.79. The largest absolute Gasteiger partial charge is 0.353 e. The molecule has 1 atom stereocenters. The first kappa shape index (κ1) is 20.8. The second-order valence-electron chi connectivity index (χ2n) is 7.56. The number of piperazine rings is 1. The minimum atomic E-state index is -3.73. The molecule has 1 aromatic heterocycles. The Morgan fingerprint density at radius 2 is 1.70 bits per heavy atom. The lowest BCUT2D eigenvalue weighted by molar-refractivity contribution is 0.0746. The maximum absolute atomic E-state index is 12.8. The lowest BCUT2D eigenvalue weighted by Crippen LogP contribution is -2.49. The molecule has 2 aromatic rings. The van der Waals surface area contributed by atoms with Crippen molar-refractivity contribution in [1.29, 1.82) is 0 Å². The van der Waals surface area contributed by atoms with Crippen molar-refractivity contribution in [1.82, 2.24) is 9.88 Å². The van der Waals surface area contributed by atoms with Crippen LogP contribution in [0.2, 0.25) is 0 Å². The van der Waals surface area contributed by atoms with Crippen molar-refractivity contribution in [3.8, 4) is 0 Å². The van der Waals surface area contributed by atoms with Gasteiger partial charge in [0.25, 0.3) is 5.91 Å². The zero-order valence-electron chi connectivity index (χ0n) is 16.3. The van der Waals surface area contributed by atoms with Crippen LogP contribution in [0.5, 0.6) is 0 Å². The summed E-state index contributed by atoms with van der Waals surface area (Å²) in [5, 5.41) is -0.913. The molecule has 3 heterocycles. The Hall–Kier alpha value is -2.46. The van der Waals surface area contributed by atoms with E-state index in [0.29, 0.717) is 31.7 Å². The van der Waals surface area contributed by atoms with Crippen molar-refractivity contribution in [3.63, 3.8) is 0 Å². The summed E-state index contributed by atoms with van der Waals surface area (Å²) in [5.74, 6) is 0.297. The van der Waals surface area contributed by atoms with Crippen molar-refractivity contribution in [3.05, 3.63) is 54.2 Å². The van der Waals surface area contributed by atoms with Gasteiger partial charge in [-0.05, 0) is 42.8 Å². The van der Waals surface area contributed by atoms with Gasteiger partial charge in [0.1, 0.15) is 5.82 Å². The van der Waals surface area contributed by atoms with Crippen LogP contribution in [0.3, 0.4) is 0 Å². The molecule has 0 radical (unpaired) electrons. The molecule has 8 nitrogen and oxygen atoms in total. The highest BCUT2D eigenvalue weighted by atomic mass is 32.2. The third kappa shape index (κ3) is 4.20. The van der Waals surface area contributed by atoms with Gasteiger partial charge in [0.2, 0.25) is 0 Å². The smallest absolute Gasteiger partial charge is 0.253 e. The number of hydrogen-bond donors (Lipinski definition) is 0. The molecule has 2 saturated heterocycles. The van der Waals surface area contributed by atoms with Crippen molar-refractivity contribution in [2.75, 3.05) is 42.6 Å². The van der Waals surface area contributed by atoms with Gasteiger partial charge in [0.05, 0.1) is 21.7 Å². The summed E-state index contributed by atoms with van der Waals surface area (Å²) in [4.78, 5) is 21.1. The molecular weight excluding hydrogens is 426 g/mol. The summed E-state index contributed by atoms with van der Waals surface area (Å²) in [6.45, 7) is 2.45. The Bertz CT molecular complexity index is 1120. The van der Waals surface area contributed by atoms with E-state index in [2.05, 4.69) is 9.88 Å². The fraction of sp³-hybridized carbons (Fsp3) is 0.400. The molecule has 0 spiro atoms. The number of sulfone groups is 2. The first-order valence-electron chi connectivity index (χ1n) is 9.76. The van der Waals surface area contributed by atoms with Crippen LogP contribution in [-0.4, -0.2) is 75.6 Å². The molecule has 0 bridgehead atoms. The summed E-state index contributed by atoms with van der Waals surface area (Å²) < 4.78 is 48.7. The topological polar surface area (TPSA) is 105 Å². The van der Waals surface area contributed by atoms with Crippen LogP contribution >= 0.6 is 0 Å². The first-order valence-corrected chi connectivity index (χ1v) is 13.1. The minimum absolute atomic E-state index is 0.0566. The van der Waals surface area contributed by atoms with Gasteiger partial charge in [-0.2, -0.15) is 0 Å². The highest BCUT2D eigenvalue weighted by Gasteiger charge is 2.38. The Morgan fingerprint density at radius 1 is 1.00 bits per heavy atom. The number of hydrogen-bond acceptors (Lipinski definition) is 7. The SMILES string of the molecule is O=C(c1ccc(S(=O)(=O)[C@@H]2CCS(=O)(=O)C2)cc1)N1CCN(c2ccccn2)CC1. The Labute approximate surface area is 176 Å². The highest BCUT2D eigenvalue weighted by molar-refractivity contribution is 7.96. The van der Waals surface area contributed by atoms with Gasteiger partial charge in [0.15, 0.2) is 19.7 Å². The molecule has 1 aromatic carbocycles. The van der Waals surface area contributed by atoms with Gasteiger partial charge in [0, 0.05) is 37.9 Å². The molecule has 0 unspecified atom stereocenters. The Balaban J connectivity index is 1.41. The number of benzene rings is 1. The van der Waals surface area contributed by atoms with Crippen LogP contribution < -0.4 is 4.90 Å². The lowest BCUT2D eigenvalue weighted by Gasteiger charge is -2.35. The lowest BCUT2D eigenvalue weighted by atomic mass is 10.2. The highest BCUT2D eigenvalue weighted by Crippen LogP contribution is 2.26. The van der Waals surface area contributed by atoms with E-state index in [9.17, 15) is 21.6 Å². The first-order chi connectivity index (χ1) is 14.3. The number of carbonyl (C=O) groups excluding carboxylic acids is 1. The maximum Gasteiger partial charge on any atom is 0.253 e. The minimum Gasteiger partial charge on any atom is -0.353 e. The van der Waals surface area contributed by atoms with E-state index in [1.807, 2.05) is 18.2 Å². The molecule has 0 aliphatic carbocycles. The van der Waals surface area contributed by atoms with Gasteiger partial charge >= 0.3 is 0 Å². The van der Waals surface area contributed by atoms with Crippen molar-refractivity contribution in [2.24, 2.45) is 0 Å². The zero-order chi connectivity index (χ0) is 21.4. The van der Waals surface area contributed by atoms with Crippen molar-refractivity contribution < 1.29 is 21.6 Å². The summed E-state index contributed by atoms with van der Waals surface area (Å²) >= 11 is 0. The molecule has 30 heavy (non-hydrogen) atoms. The zero-order valence-corrected chi connectivity index (χ0v) is 18.0. The summed E-state index contributed by atoms with van der Waals surface area (Å²) in [6.07, 6.45) is 1.86. The van der Waals surface area contributed by atoms with Crippen LogP contribution in [0.15, 0.2) is 53.6 Å². The quantitative estimate of drug-likeness (QED) is 0.686. The summed E-state index contributed by atoms with van der Waals surface area (Å²) in [5.41, 5.74) is 0.416. The van der Waals surface area contributed by atoms with Crippen LogP contribution in [0.25, 0.3) is 0 Å². The van der Waals surface area contributed by atoms with E-state index in [1.165, 1.54) is 24.3 Å². The van der Waals surface area contributed by atoms with Gasteiger partial charge < -0.3 is 9.80 Å². The van der Waals surface area contributed by atoms with Gasteiger partial charge in [-0.3, -0.25) is 4.79 Å². The molecular formula is C20H23N3O5S2. The standard InChI is InChI=1S/C20H23N3O5S2/c24-20(23-12-10-22(11-13-23)19-3-1-2-9-21-19)16-4-6-17(7-5-16)30(27,28)18-8-14-29(25,26)15-18/h1-7,9,18H,8,10-15H2/t18-/m1/s1. The average Bonchev–Trinajstić information content (AvgIpc) is 3.14. The fourth-order valence-corrected chi connectivity index (χ4v) is 8.21. The number of pyridine rings is 1. The molecule has 160 valence electrons. The Morgan fingerprint density at radius 3 is 2.27 bits per heavy atom. The molecule has 10 heteroatoms. The monoisotopic (exact) mass is 449 g/mol. The summed E-state index contributed by atoms with van der Waals surface area (Å²) in [7, 11) is -7.03. The average molecular weight is 450 g/mol. The molecule has 2 aliphatic heterocycles. The second kappa shape index (κ2) is 7.99. The number of anilines is 1. The maximum atomic E-state index is 12.8. The van der Waals surface area contributed by atoms with Crippen molar-refractivity contribution in [2.45, 2.75) is 16.6 Å². The van der Waals surface area contributed by atoms with E-state index >= 15 is 0 Å². The van der Waals surface area contributed by atoms with E-state index in [1.54, 1.807) is 11.1 Å². The van der Waals surface area contributed by atoms with Crippen LogP contribution in [0.4, 0.5) is 5.82 Å². The number of aromatic nitrogens is 1. The summed E-state index contributed by atoms with van der Waals surface area (Å²) in [6, 6.07) is 11.5. The van der Waals surface area contributed by atoms with Crippen LogP contribution in [-0.2, 0) is 19.7 Å². The van der Waals surface area contributed by atoms with E-state index in [4.69, 9.17) is 0 Å². The van der Waals surface area contributed by atoms with E-state index in [0.717, 1.165) is 5.82 Å². The van der Waals surface area contributed by atoms with Gasteiger partial charge in [-0.25, -0.2) is 21.8 Å². The van der Waals surface area contributed by atoms with Gasteiger partial charge in [-0.1, -0.05) is 6.07 Å². The molecule has 1 amide bonds. The molecule has 0 N–H and O–H groups in total. The van der Waals surface area contributed by atoms with Crippen molar-refractivity contribution >= 4 is 31.4 Å². The number of carbonyl (C=O) groups is 1. The fourth-order valence-electron chi connectivity index (χ4n) is 3.85. The molecule has 4 rings (SSSR count). The van der Waals surface area contributed by atoms with E-state index in [-0.39, 0.29) is 28.7 Å². The number of amides is 1. The molecule has 2 fully saturated rings. The van der Waals surface area contributed by atoms with E-state index < -0.39 is 24.9 Å². The predicted octanol–water partition coefficient (Wildman–Crippen LogP) is 1.00. The number of nitrogens with zero attached hydrogens (tertiary/aromatic N) is 3. The van der Waals surface area contributed by atoms with Crippen LogP contribution in [0, 0.1) is 0 Å². The van der Waals surface area contributed by atoms with Crippen LogP contribution in [0.1, 0.15) is 16.8 Å². The van der Waals surface area contributed by atoms with Gasteiger partial charge in [-0.15, -0.1) is 0 Å². The molecule has 0 saturated carbocycles.